The Morgan fingerprint density at radius 3 is 1.38 bits per heavy atom. The van der Waals surface area contributed by atoms with Crippen LogP contribution in [0.2, 0.25) is 0 Å². The molecule has 0 heterocycles. The molecule has 0 amide bonds. The lowest BCUT2D eigenvalue weighted by Crippen LogP contribution is -2.01. The summed E-state index contributed by atoms with van der Waals surface area (Å²) in [5.41, 5.74) is 4.62. The number of rotatable bonds is 4. The smallest absolute Gasteiger partial charge is 0.125 e. The van der Waals surface area contributed by atoms with E-state index in [2.05, 4.69) is 24.3 Å². The van der Waals surface area contributed by atoms with E-state index < -0.39 is 0 Å². The van der Waals surface area contributed by atoms with Gasteiger partial charge in [0.15, 0.2) is 0 Å². The quantitative estimate of drug-likeness (QED) is 0.859. The first-order chi connectivity index (χ1) is 11.7. The van der Waals surface area contributed by atoms with E-state index in [9.17, 15) is 0 Å². The van der Waals surface area contributed by atoms with Gasteiger partial charge in [0.25, 0.3) is 0 Å². The van der Waals surface area contributed by atoms with E-state index in [0.717, 1.165) is 70.9 Å². The third kappa shape index (κ3) is 3.01. The van der Waals surface area contributed by atoms with E-state index in [1.807, 2.05) is 0 Å². The predicted octanol–water partition coefficient (Wildman–Crippen LogP) is 3.60. The van der Waals surface area contributed by atoms with Crippen molar-refractivity contribution < 1.29 is 18.9 Å². The molecular weight excluding hydrogens is 304 g/mol. The van der Waals surface area contributed by atoms with Crippen molar-refractivity contribution >= 4 is 0 Å². The van der Waals surface area contributed by atoms with Crippen molar-refractivity contribution in [1.82, 2.24) is 0 Å². The van der Waals surface area contributed by atoms with Crippen LogP contribution in [0.1, 0.15) is 22.3 Å². The van der Waals surface area contributed by atoms with E-state index in [1.54, 1.807) is 28.4 Å². The molecule has 0 aliphatic heterocycles. The SMILES string of the molecule is COc1cc2c(OC)c(c1)CCc1cc(OC)c(cc1OC)CC2. The van der Waals surface area contributed by atoms with Crippen LogP contribution in [-0.4, -0.2) is 28.4 Å². The number of aryl methyl sites for hydroxylation is 4. The summed E-state index contributed by atoms with van der Waals surface area (Å²) in [6, 6.07) is 8.34. The highest BCUT2D eigenvalue weighted by Gasteiger charge is 2.18. The minimum Gasteiger partial charge on any atom is -0.497 e. The average Bonchev–Trinajstić information content (AvgIpc) is 2.65. The molecule has 0 N–H and O–H groups in total. The number of methoxy groups -OCH3 is 4. The van der Waals surface area contributed by atoms with Gasteiger partial charge in [-0.25, -0.2) is 0 Å². The Labute approximate surface area is 143 Å². The summed E-state index contributed by atoms with van der Waals surface area (Å²) in [6.07, 6.45) is 3.41. The van der Waals surface area contributed by atoms with E-state index >= 15 is 0 Å². The normalized spacial score (nSPS) is 13.2. The molecule has 0 spiro atoms. The van der Waals surface area contributed by atoms with Crippen LogP contribution in [0.15, 0.2) is 24.3 Å². The largest absolute Gasteiger partial charge is 0.497 e. The van der Waals surface area contributed by atoms with Crippen molar-refractivity contribution in [2.75, 3.05) is 28.4 Å². The molecule has 4 bridgehead atoms. The summed E-state index contributed by atoms with van der Waals surface area (Å²) >= 11 is 0. The molecule has 2 aliphatic rings. The molecule has 0 radical (unpaired) electrons. The lowest BCUT2D eigenvalue weighted by molar-refractivity contribution is 0.393. The molecule has 2 aromatic carbocycles. The van der Waals surface area contributed by atoms with Crippen LogP contribution in [0.4, 0.5) is 0 Å². The van der Waals surface area contributed by atoms with Crippen LogP contribution in [0.5, 0.6) is 23.0 Å². The second-order valence-electron chi connectivity index (χ2n) is 5.95. The zero-order valence-electron chi connectivity index (χ0n) is 14.8. The van der Waals surface area contributed by atoms with Crippen molar-refractivity contribution in [3.05, 3.63) is 46.5 Å². The summed E-state index contributed by atoms with van der Waals surface area (Å²) in [5, 5.41) is 0. The standard InChI is InChI=1S/C20H24O4/c1-21-17-9-15-7-5-13-12-19(23-3)14(11-18(13)22-2)6-8-16(10-17)20(15)24-4/h9-12H,5-8H2,1-4H3. The third-order valence-electron chi connectivity index (χ3n) is 4.67. The van der Waals surface area contributed by atoms with Gasteiger partial charge in [0.1, 0.15) is 23.0 Å². The van der Waals surface area contributed by atoms with E-state index in [1.165, 1.54) is 0 Å². The highest BCUT2D eigenvalue weighted by molar-refractivity contribution is 5.52. The maximum Gasteiger partial charge on any atom is 0.125 e. The monoisotopic (exact) mass is 328 g/mol. The molecule has 0 unspecified atom stereocenters. The van der Waals surface area contributed by atoms with Crippen LogP contribution in [0.25, 0.3) is 0 Å². The summed E-state index contributed by atoms with van der Waals surface area (Å²) < 4.78 is 22.4. The predicted molar refractivity (Wildman–Crippen MR) is 93.9 cm³/mol. The molecule has 2 aliphatic carbocycles. The minimum atomic E-state index is 0.850. The zero-order valence-corrected chi connectivity index (χ0v) is 14.8. The molecular formula is C20H24O4. The molecule has 4 nitrogen and oxygen atoms in total. The van der Waals surface area contributed by atoms with Gasteiger partial charge in [0, 0.05) is 0 Å². The summed E-state index contributed by atoms with van der Waals surface area (Å²) in [4.78, 5) is 0. The Balaban J connectivity index is 2.13. The second-order valence-corrected chi connectivity index (χ2v) is 5.95. The van der Waals surface area contributed by atoms with Crippen molar-refractivity contribution in [1.29, 1.82) is 0 Å². The number of hydrogen-bond donors (Lipinski definition) is 0. The fraction of sp³-hybridized carbons (Fsp3) is 0.400. The highest BCUT2D eigenvalue weighted by Crippen LogP contribution is 2.36. The van der Waals surface area contributed by atoms with Crippen LogP contribution in [0, 0.1) is 0 Å². The van der Waals surface area contributed by atoms with Crippen molar-refractivity contribution in [3.63, 3.8) is 0 Å². The molecule has 0 atom stereocenters. The van der Waals surface area contributed by atoms with Crippen molar-refractivity contribution in [3.8, 4) is 23.0 Å². The molecule has 4 rings (SSSR count). The van der Waals surface area contributed by atoms with Gasteiger partial charge in [-0.2, -0.15) is 0 Å². The Hall–Kier alpha value is -2.36. The topological polar surface area (TPSA) is 36.9 Å². The molecule has 0 saturated carbocycles. The first-order valence-electron chi connectivity index (χ1n) is 8.17. The maximum atomic E-state index is 5.72. The van der Waals surface area contributed by atoms with Gasteiger partial charge < -0.3 is 18.9 Å². The second kappa shape index (κ2) is 7.04. The van der Waals surface area contributed by atoms with Gasteiger partial charge in [-0.15, -0.1) is 0 Å². The van der Waals surface area contributed by atoms with Gasteiger partial charge in [-0.3, -0.25) is 0 Å². The Bertz CT molecular complexity index is 680. The van der Waals surface area contributed by atoms with Crippen molar-refractivity contribution in [2.24, 2.45) is 0 Å². The molecule has 0 aromatic heterocycles. The number of hydrogen-bond acceptors (Lipinski definition) is 4. The Kier molecular flexibility index (Phi) is 4.84. The minimum absolute atomic E-state index is 0.850. The van der Waals surface area contributed by atoms with E-state index in [-0.39, 0.29) is 0 Å². The van der Waals surface area contributed by atoms with Gasteiger partial charge in [-0.05, 0) is 72.2 Å². The number of fused-ring (bicyclic) bond motifs is 4. The van der Waals surface area contributed by atoms with Gasteiger partial charge in [0.05, 0.1) is 28.4 Å². The molecule has 2 aromatic rings. The lowest BCUT2D eigenvalue weighted by atomic mass is 9.99. The van der Waals surface area contributed by atoms with E-state index in [0.29, 0.717) is 0 Å². The fourth-order valence-corrected chi connectivity index (χ4v) is 3.43. The summed E-state index contributed by atoms with van der Waals surface area (Å²) in [6.45, 7) is 0. The van der Waals surface area contributed by atoms with Crippen LogP contribution in [-0.2, 0) is 25.7 Å². The fourth-order valence-electron chi connectivity index (χ4n) is 3.43. The molecule has 4 heteroatoms. The number of benzene rings is 2. The first kappa shape index (κ1) is 16.5. The van der Waals surface area contributed by atoms with Gasteiger partial charge in [-0.1, -0.05) is 0 Å². The molecule has 24 heavy (non-hydrogen) atoms. The maximum absolute atomic E-state index is 5.72. The molecule has 128 valence electrons. The molecule has 0 fully saturated rings. The molecule has 0 saturated heterocycles. The van der Waals surface area contributed by atoms with Crippen LogP contribution in [0.3, 0.4) is 0 Å². The average molecular weight is 328 g/mol. The lowest BCUT2D eigenvalue weighted by Gasteiger charge is -2.15. The van der Waals surface area contributed by atoms with E-state index in [4.69, 9.17) is 18.9 Å². The Morgan fingerprint density at radius 1 is 0.542 bits per heavy atom. The number of ether oxygens (including phenoxy) is 4. The van der Waals surface area contributed by atoms with Crippen LogP contribution >= 0.6 is 0 Å². The summed E-state index contributed by atoms with van der Waals surface area (Å²) in [5.74, 6) is 3.69. The van der Waals surface area contributed by atoms with Crippen LogP contribution < -0.4 is 18.9 Å². The third-order valence-corrected chi connectivity index (χ3v) is 4.67. The van der Waals surface area contributed by atoms with Crippen molar-refractivity contribution in [2.45, 2.75) is 25.7 Å². The first-order valence-corrected chi connectivity index (χ1v) is 8.17. The highest BCUT2D eigenvalue weighted by atomic mass is 16.5. The van der Waals surface area contributed by atoms with Gasteiger partial charge >= 0.3 is 0 Å². The summed E-state index contributed by atoms with van der Waals surface area (Å²) in [7, 11) is 6.88. The Morgan fingerprint density at radius 2 is 1.00 bits per heavy atom. The van der Waals surface area contributed by atoms with Gasteiger partial charge in [0.2, 0.25) is 0 Å². The zero-order chi connectivity index (χ0) is 17.1.